The van der Waals surface area contributed by atoms with Gasteiger partial charge in [0, 0.05) is 19.6 Å². The minimum atomic E-state index is -3.99. The highest BCUT2D eigenvalue weighted by Gasteiger charge is 2.25. The van der Waals surface area contributed by atoms with Crippen molar-refractivity contribution in [2.45, 2.75) is 83.1 Å². The molecule has 0 radical (unpaired) electrons. The van der Waals surface area contributed by atoms with Gasteiger partial charge >= 0.3 is 6.18 Å². The van der Waals surface area contributed by atoms with E-state index in [2.05, 4.69) is 0 Å². The minimum Gasteiger partial charge on any atom is -0.353 e. The molecule has 5 heteroatoms. The molecule has 1 atom stereocenters. The summed E-state index contributed by atoms with van der Waals surface area (Å²) in [5.74, 6) is 0. The molecule has 0 amide bonds. The van der Waals surface area contributed by atoms with E-state index in [0.29, 0.717) is 6.42 Å². The number of alkyl halides is 3. The van der Waals surface area contributed by atoms with Crippen LogP contribution in [0, 0.1) is 0 Å². The molecule has 0 saturated carbocycles. The van der Waals surface area contributed by atoms with E-state index in [1.165, 1.54) is 6.42 Å². The van der Waals surface area contributed by atoms with Gasteiger partial charge in [-0.1, -0.05) is 32.1 Å². The van der Waals surface area contributed by atoms with Crippen LogP contribution in [0.1, 0.15) is 70.6 Å². The van der Waals surface area contributed by atoms with Crippen molar-refractivity contribution in [3.05, 3.63) is 0 Å². The van der Waals surface area contributed by atoms with Gasteiger partial charge in [-0.2, -0.15) is 13.2 Å². The van der Waals surface area contributed by atoms with Crippen LogP contribution in [-0.2, 0) is 9.47 Å². The lowest BCUT2D eigenvalue weighted by Gasteiger charge is -2.22. The summed E-state index contributed by atoms with van der Waals surface area (Å²) in [5, 5.41) is 0. The van der Waals surface area contributed by atoms with Crippen LogP contribution in [0.25, 0.3) is 0 Å². The monoisotopic (exact) mass is 296 g/mol. The Balaban J connectivity index is 1.76. The van der Waals surface area contributed by atoms with Gasteiger partial charge < -0.3 is 9.47 Å². The van der Waals surface area contributed by atoms with E-state index >= 15 is 0 Å². The van der Waals surface area contributed by atoms with Gasteiger partial charge in [-0.3, -0.25) is 0 Å². The molecule has 20 heavy (non-hydrogen) atoms. The summed E-state index contributed by atoms with van der Waals surface area (Å²) < 4.78 is 46.8. The molecule has 0 aliphatic carbocycles. The van der Waals surface area contributed by atoms with Crippen molar-refractivity contribution in [2.75, 3.05) is 13.2 Å². The van der Waals surface area contributed by atoms with Crippen molar-refractivity contribution in [2.24, 2.45) is 0 Å². The Labute approximate surface area is 120 Å². The molecule has 1 aliphatic heterocycles. The van der Waals surface area contributed by atoms with Gasteiger partial charge in [0.15, 0.2) is 6.29 Å². The molecule has 1 aliphatic rings. The average molecular weight is 296 g/mol. The van der Waals surface area contributed by atoms with Crippen molar-refractivity contribution in [1.29, 1.82) is 0 Å². The molecule has 0 bridgehead atoms. The molecule has 120 valence electrons. The second kappa shape index (κ2) is 10.4. The minimum absolute atomic E-state index is 0.00822. The molecule has 1 unspecified atom stereocenters. The van der Waals surface area contributed by atoms with Crippen LogP contribution in [0.4, 0.5) is 13.2 Å². The van der Waals surface area contributed by atoms with Crippen LogP contribution in [0.2, 0.25) is 0 Å². The molecule has 1 rings (SSSR count). The maximum atomic E-state index is 11.9. The molecule has 0 spiro atoms. The lowest BCUT2D eigenvalue weighted by atomic mass is 10.1. The Morgan fingerprint density at radius 3 is 2.15 bits per heavy atom. The maximum Gasteiger partial charge on any atom is 0.389 e. The molecule has 0 N–H and O–H groups in total. The first-order valence-electron chi connectivity index (χ1n) is 7.88. The lowest BCUT2D eigenvalue weighted by molar-refractivity contribution is -0.162. The van der Waals surface area contributed by atoms with Gasteiger partial charge in [0.05, 0.1) is 0 Å². The fraction of sp³-hybridized carbons (Fsp3) is 1.00. The van der Waals surface area contributed by atoms with Crippen LogP contribution in [0.15, 0.2) is 0 Å². The number of rotatable bonds is 10. The van der Waals surface area contributed by atoms with Gasteiger partial charge in [0.2, 0.25) is 0 Å². The van der Waals surface area contributed by atoms with Crippen molar-refractivity contribution in [1.82, 2.24) is 0 Å². The van der Waals surface area contributed by atoms with Crippen LogP contribution in [-0.4, -0.2) is 25.7 Å². The van der Waals surface area contributed by atoms with Crippen molar-refractivity contribution in [3.63, 3.8) is 0 Å². The highest BCUT2D eigenvalue weighted by molar-refractivity contribution is 4.55. The summed E-state index contributed by atoms with van der Waals surface area (Å²) in [7, 11) is 0. The highest BCUT2D eigenvalue weighted by Crippen LogP contribution is 2.23. The molecule has 1 fully saturated rings. The SMILES string of the molecule is FC(F)(F)CCCCCCCCCOC1CCCCO1. The number of hydrogen-bond donors (Lipinski definition) is 0. The first-order chi connectivity index (χ1) is 9.58. The maximum absolute atomic E-state index is 11.9. The summed E-state index contributed by atoms with van der Waals surface area (Å²) in [6, 6.07) is 0. The van der Waals surface area contributed by atoms with Gasteiger partial charge in [0.25, 0.3) is 0 Å². The summed E-state index contributed by atoms with van der Waals surface area (Å²) in [6.45, 7) is 1.54. The third-order valence-corrected chi connectivity index (χ3v) is 3.55. The van der Waals surface area contributed by atoms with E-state index in [1.807, 2.05) is 0 Å². The first kappa shape index (κ1) is 17.8. The van der Waals surface area contributed by atoms with Gasteiger partial charge in [-0.15, -0.1) is 0 Å². The van der Waals surface area contributed by atoms with Gasteiger partial charge in [-0.25, -0.2) is 0 Å². The fourth-order valence-electron chi connectivity index (χ4n) is 2.37. The average Bonchev–Trinajstić information content (AvgIpc) is 2.41. The summed E-state index contributed by atoms with van der Waals surface area (Å²) >= 11 is 0. The van der Waals surface area contributed by atoms with Crippen LogP contribution in [0.3, 0.4) is 0 Å². The molecule has 1 heterocycles. The standard InChI is InChI=1S/C15H27F3O2/c16-15(17,18)11-7-4-2-1-3-5-8-12-19-14-10-6-9-13-20-14/h14H,1-13H2. The third kappa shape index (κ3) is 10.5. The first-order valence-corrected chi connectivity index (χ1v) is 7.88. The van der Waals surface area contributed by atoms with Crippen LogP contribution < -0.4 is 0 Å². The molecular formula is C15H27F3O2. The smallest absolute Gasteiger partial charge is 0.353 e. The zero-order valence-electron chi connectivity index (χ0n) is 12.2. The highest BCUT2D eigenvalue weighted by atomic mass is 19.4. The van der Waals surface area contributed by atoms with Gasteiger partial charge in [-0.05, 0) is 32.1 Å². The zero-order valence-corrected chi connectivity index (χ0v) is 12.2. The Morgan fingerprint density at radius 1 is 0.900 bits per heavy atom. The predicted octanol–water partition coefficient (Wildman–Crippen LogP) is 5.21. The Hall–Kier alpha value is -0.290. The summed E-state index contributed by atoms with van der Waals surface area (Å²) in [6.07, 6.45) is 4.76. The van der Waals surface area contributed by atoms with Crippen molar-refractivity contribution < 1.29 is 22.6 Å². The number of halogens is 3. The van der Waals surface area contributed by atoms with Crippen LogP contribution in [0.5, 0.6) is 0 Å². The third-order valence-electron chi connectivity index (χ3n) is 3.55. The van der Waals surface area contributed by atoms with E-state index in [9.17, 15) is 13.2 Å². The molecule has 0 aromatic rings. The van der Waals surface area contributed by atoms with Crippen molar-refractivity contribution in [3.8, 4) is 0 Å². The second-order valence-electron chi connectivity index (χ2n) is 5.51. The zero-order chi connectivity index (χ0) is 14.7. The van der Waals surface area contributed by atoms with E-state index in [1.54, 1.807) is 0 Å². The second-order valence-corrected chi connectivity index (χ2v) is 5.51. The normalized spacial score (nSPS) is 20.2. The molecule has 1 saturated heterocycles. The number of unbranched alkanes of at least 4 members (excludes halogenated alkanes) is 6. The molecular weight excluding hydrogens is 269 g/mol. The summed E-state index contributed by atoms with van der Waals surface area (Å²) in [5.41, 5.74) is 0. The largest absolute Gasteiger partial charge is 0.389 e. The topological polar surface area (TPSA) is 18.5 Å². The van der Waals surface area contributed by atoms with Crippen molar-refractivity contribution >= 4 is 0 Å². The van der Waals surface area contributed by atoms with E-state index in [-0.39, 0.29) is 12.7 Å². The quantitative estimate of drug-likeness (QED) is 0.515. The van der Waals surface area contributed by atoms with Gasteiger partial charge in [0.1, 0.15) is 0 Å². The van der Waals surface area contributed by atoms with E-state index in [4.69, 9.17) is 9.47 Å². The number of ether oxygens (including phenoxy) is 2. The molecule has 0 aromatic carbocycles. The summed E-state index contributed by atoms with van der Waals surface area (Å²) in [4.78, 5) is 0. The van der Waals surface area contributed by atoms with E-state index < -0.39 is 12.6 Å². The number of hydrogen-bond acceptors (Lipinski definition) is 2. The lowest BCUT2D eigenvalue weighted by Crippen LogP contribution is -2.22. The van der Waals surface area contributed by atoms with Crippen LogP contribution >= 0.6 is 0 Å². The molecule has 2 nitrogen and oxygen atoms in total. The Kier molecular flexibility index (Phi) is 9.27. The Bertz CT molecular complexity index is 226. The molecule has 0 aromatic heterocycles. The fourth-order valence-corrected chi connectivity index (χ4v) is 2.37. The Morgan fingerprint density at radius 2 is 1.55 bits per heavy atom. The predicted molar refractivity (Wildman–Crippen MR) is 72.5 cm³/mol. The van der Waals surface area contributed by atoms with E-state index in [0.717, 1.165) is 58.2 Å².